The van der Waals surface area contributed by atoms with Crippen LogP contribution in [-0.4, -0.2) is 26.7 Å². The van der Waals surface area contributed by atoms with Gasteiger partial charge in [-0.2, -0.15) is 4.98 Å². The summed E-state index contributed by atoms with van der Waals surface area (Å²) < 4.78 is 5.38. The fraction of sp³-hybridized carbons (Fsp3) is 0.571. The standard InChI is InChI=1S/C14H19N5O/c1-3-10-4-5-15-11(6-10)14-18-13(19-20-14)12-16-7-9(2)8-17-12/h7-8,10-11,15H,3-6H2,1-2H3. The van der Waals surface area contributed by atoms with Crippen molar-refractivity contribution in [2.75, 3.05) is 6.54 Å². The number of rotatable bonds is 3. The first-order chi connectivity index (χ1) is 9.76. The van der Waals surface area contributed by atoms with Gasteiger partial charge >= 0.3 is 0 Å². The van der Waals surface area contributed by atoms with E-state index in [1.54, 1.807) is 12.4 Å². The average molecular weight is 273 g/mol. The smallest absolute Gasteiger partial charge is 0.244 e. The highest BCUT2D eigenvalue weighted by molar-refractivity contribution is 5.41. The van der Waals surface area contributed by atoms with Gasteiger partial charge in [0, 0.05) is 12.4 Å². The number of aryl methyl sites for hydroxylation is 1. The lowest BCUT2D eigenvalue weighted by Crippen LogP contribution is -2.31. The third-order valence-corrected chi connectivity index (χ3v) is 3.81. The molecule has 3 rings (SSSR count). The highest BCUT2D eigenvalue weighted by Crippen LogP contribution is 2.28. The SMILES string of the molecule is CCC1CCNC(c2nc(-c3ncc(C)cn3)no2)C1. The minimum Gasteiger partial charge on any atom is -0.337 e. The van der Waals surface area contributed by atoms with Crippen molar-refractivity contribution < 1.29 is 4.52 Å². The second-order valence-electron chi connectivity index (χ2n) is 5.35. The van der Waals surface area contributed by atoms with Crippen molar-refractivity contribution in [1.82, 2.24) is 25.4 Å². The molecule has 1 saturated heterocycles. The number of nitrogens with one attached hydrogen (secondary N) is 1. The lowest BCUT2D eigenvalue weighted by Gasteiger charge is -2.27. The molecule has 0 aromatic carbocycles. The quantitative estimate of drug-likeness (QED) is 0.924. The van der Waals surface area contributed by atoms with Crippen LogP contribution in [0.5, 0.6) is 0 Å². The topological polar surface area (TPSA) is 76.7 Å². The van der Waals surface area contributed by atoms with Crippen molar-refractivity contribution >= 4 is 0 Å². The van der Waals surface area contributed by atoms with Crippen LogP contribution in [-0.2, 0) is 0 Å². The third kappa shape index (κ3) is 2.70. The van der Waals surface area contributed by atoms with E-state index in [1.165, 1.54) is 12.8 Å². The van der Waals surface area contributed by atoms with Gasteiger partial charge in [-0.25, -0.2) is 9.97 Å². The molecule has 0 amide bonds. The molecule has 1 aliphatic rings. The first-order valence-corrected chi connectivity index (χ1v) is 7.12. The molecule has 20 heavy (non-hydrogen) atoms. The third-order valence-electron chi connectivity index (χ3n) is 3.81. The molecule has 6 nitrogen and oxygen atoms in total. The van der Waals surface area contributed by atoms with Gasteiger partial charge in [0.15, 0.2) is 0 Å². The lowest BCUT2D eigenvalue weighted by molar-refractivity contribution is 0.246. The number of piperidine rings is 1. The molecule has 106 valence electrons. The number of hydrogen-bond acceptors (Lipinski definition) is 6. The largest absolute Gasteiger partial charge is 0.337 e. The summed E-state index contributed by atoms with van der Waals surface area (Å²) >= 11 is 0. The number of nitrogens with zero attached hydrogens (tertiary/aromatic N) is 4. The Morgan fingerprint density at radius 3 is 2.85 bits per heavy atom. The van der Waals surface area contributed by atoms with Crippen LogP contribution in [0, 0.1) is 12.8 Å². The maximum absolute atomic E-state index is 5.38. The van der Waals surface area contributed by atoms with Crippen LogP contribution in [0.1, 0.15) is 43.7 Å². The molecule has 2 aromatic heterocycles. The van der Waals surface area contributed by atoms with Gasteiger partial charge in [-0.1, -0.05) is 18.5 Å². The van der Waals surface area contributed by atoms with Gasteiger partial charge in [0.05, 0.1) is 6.04 Å². The van der Waals surface area contributed by atoms with Crippen LogP contribution >= 0.6 is 0 Å². The van der Waals surface area contributed by atoms with Gasteiger partial charge in [-0.05, 0) is 37.8 Å². The van der Waals surface area contributed by atoms with Gasteiger partial charge in [0.2, 0.25) is 17.5 Å². The molecular formula is C14H19N5O. The normalized spacial score (nSPS) is 22.9. The minimum absolute atomic E-state index is 0.153. The van der Waals surface area contributed by atoms with Crippen LogP contribution in [0.25, 0.3) is 11.6 Å². The maximum Gasteiger partial charge on any atom is 0.244 e. The summed E-state index contributed by atoms with van der Waals surface area (Å²) in [7, 11) is 0. The molecule has 0 spiro atoms. The Balaban J connectivity index is 1.78. The lowest BCUT2D eigenvalue weighted by atomic mass is 9.90. The second kappa shape index (κ2) is 5.66. The van der Waals surface area contributed by atoms with Crippen molar-refractivity contribution in [3.63, 3.8) is 0 Å². The monoisotopic (exact) mass is 273 g/mol. The van der Waals surface area contributed by atoms with E-state index in [0.717, 1.165) is 24.4 Å². The van der Waals surface area contributed by atoms with E-state index in [9.17, 15) is 0 Å². The predicted molar refractivity (Wildman–Crippen MR) is 73.8 cm³/mol. The molecule has 2 unspecified atom stereocenters. The van der Waals surface area contributed by atoms with Crippen molar-refractivity contribution in [3.8, 4) is 11.6 Å². The molecule has 0 bridgehead atoms. The summed E-state index contributed by atoms with van der Waals surface area (Å²) in [5.41, 5.74) is 1.01. The van der Waals surface area contributed by atoms with Crippen LogP contribution in [0.2, 0.25) is 0 Å². The maximum atomic E-state index is 5.38. The van der Waals surface area contributed by atoms with Crippen LogP contribution in [0.3, 0.4) is 0 Å². The van der Waals surface area contributed by atoms with Crippen molar-refractivity contribution in [2.45, 2.75) is 39.2 Å². The van der Waals surface area contributed by atoms with E-state index in [4.69, 9.17) is 4.52 Å². The molecular weight excluding hydrogens is 254 g/mol. The van der Waals surface area contributed by atoms with Gasteiger partial charge < -0.3 is 9.84 Å². The van der Waals surface area contributed by atoms with Gasteiger partial charge in [-0.3, -0.25) is 0 Å². The molecule has 0 aliphatic carbocycles. The zero-order valence-corrected chi connectivity index (χ0v) is 11.8. The van der Waals surface area contributed by atoms with Crippen molar-refractivity contribution in [1.29, 1.82) is 0 Å². The molecule has 3 heterocycles. The molecule has 2 aromatic rings. The van der Waals surface area contributed by atoms with Crippen LogP contribution < -0.4 is 5.32 Å². The van der Waals surface area contributed by atoms with E-state index in [0.29, 0.717) is 17.5 Å². The van der Waals surface area contributed by atoms with Crippen molar-refractivity contribution in [3.05, 3.63) is 23.8 Å². The highest BCUT2D eigenvalue weighted by Gasteiger charge is 2.26. The Morgan fingerprint density at radius 2 is 2.10 bits per heavy atom. The molecule has 2 atom stereocenters. The second-order valence-corrected chi connectivity index (χ2v) is 5.35. The van der Waals surface area contributed by atoms with E-state index in [1.807, 2.05) is 6.92 Å². The zero-order chi connectivity index (χ0) is 13.9. The summed E-state index contributed by atoms with van der Waals surface area (Å²) in [6.45, 7) is 5.18. The highest BCUT2D eigenvalue weighted by atomic mass is 16.5. The van der Waals surface area contributed by atoms with E-state index in [-0.39, 0.29) is 6.04 Å². The predicted octanol–water partition coefficient (Wildman–Crippen LogP) is 2.29. The Bertz CT molecular complexity index is 565. The average Bonchev–Trinajstić information content (AvgIpc) is 2.98. The molecule has 0 radical (unpaired) electrons. The number of hydrogen-bond donors (Lipinski definition) is 1. The molecule has 1 fully saturated rings. The summed E-state index contributed by atoms with van der Waals surface area (Å²) in [6, 6.07) is 0.153. The summed E-state index contributed by atoms with van der Waals surface area (Å²) in [6.07, 6.45) is 6.97. The van der Waals surface area contributed by atoms with Crippen LogP contribution in [0.4, 0.5) is 0 Å². The van der Waals surface area contributed by atoms with Crippen molar-refractivity contribution in [2.24, 2.45) is 5.92 Å². The molecule has 6 heteroatoms. The van der Waals surface area contributed by atoms with Gasteiger partial charge in [0.1, 0.15) is 0 Å². The van der Waals surface area contributed by atoms with Gasteiger partial charge in [-0.15, -0.1) is 0 Å². The Labute approximate surface area is 118 Å². The van der Waals surface area contributed by atoms with Crippen LogP contribution in [0.15, 0.2) is 16.9 Å². The Kier molecular flexibility index (Phi) is 3.73. The Hall–Kier alpha value is -1.82. The van der Waals surface area contributed by atoms with E-state index >= 15 is 0 Å². The molecule has 0 saturated carbocycles. The van der Waals surface area contributed by atoms with E-state index in [2.05, 4.69) is 32.3 Å². The summed E-state index contributed by atoms with van der Waals surface area (Å²) in [5.74, 6) is 2.34. The number of aromatic nitrogens is 4. The summed E-state index contributed by atoms with van der Waals surface area (Å²) in [4.78, 5) is 12.9. The fourth-order valence-electron chi connectivity index (χ4n) is 2.53. The molecule has 1 N–H and O–H groups in total. The fourth-order valence-corrected chi connectivity index (χ4v) is 2.53. The van der Waals surface area contributed by atoms with E-state index < -0.39 is 0 Å². The van der Waals surface area contributed by atoms with Gasteiger partial charge in [0.25, 0.3) is 0 Å². The Morgan fingerprint density at radius 1 is 1.30 bits per heavy atom. The first kappa shape index (κ1) is 13.2. The summed E-state index contributed by atoms with van der Waals surface area (Å²) in [5, 5.41) is 7.43. The zero-order valence-electron chi connectivity index (χ0n) is 11.8. The molecule has 1 aliphatic heterocycles. The minimum atomic E-state index is 0.153. The first-order valence-electron chi connectivity index (χ1n) is 7.12.